The van der Waals surface area contributed by atoms with Crippen molar-refractivity contribution in [3.63, 3.8) is 0 Å². The number of nitrogens with one attached hydrogen (secondary N) is 1. The van der Waals surface area contributed by atoms with Crippen LogP contribution in [0.1, 0.15) is 35.7 Å². The van der Waals surface area contributed by atoms with E-state index in [0.717, 1.165) is 5.56 Å². The Morgan fingerprint density at radius 2 is 1.67 bits per heavy atom. The summed E-state index contributed by atoms with van der Waals surface area (Å²) in [5.74, 6) is -1.47. The van der Waals surface area contributed by atoms with E-state index < -0.39 is 33.9 Å². The van der Waals surface area contributed by atoms with Crippen LogP contribution in [0, 0.1) is 12.8 Å². The van der Waals surface area contributed by atoms with Crippen molar-refractivity contribution in [2.24, 2.45) is 11.1 Å². The van der Waals surface area contributed by atoms with Crippen LogP contribution in [0.25, 0.3) is 0 Å². The van der Waals surface area contributed by atoms with Gasteiger partial charge in [0.1, 0.15) is 0 Å². The zero-order valence-corrected chi connectivity index (χ0v) is 19.3. The van der Waals surface area contributed by atoms with Crippen LogP contribution in [0.4, 0.5) is 5.69 Å². The summed E-state index contributed by atoms with van der Waals surface area (Å²) in [6.45, 7) is 4.22. The molecule has 1 fully saturated rings. The molecule has 0 aromatic heterocycles. The highest BCUT2D eigenvalue weighted by atomic mass is 32.2. The third kappa shape index (κ3) is 6.17. The van der Waals surface area contributed by atoms with Crippen molar-refractivity contribution in [2.45, 2.75) is 37.7 Å². The van der Waals surface area contributed by atoms with Crippen molar-refractivity contribution in [3.8, 4) is 0 Å². The minimum atomic E-state index is -3.83. The number of carbonyl (C=O) groups is 3. The first-order valence-corrected chi connectivity index (χ1v) is 12.1. The predicted octanol–water partition coefficient (Wildman–Crippen LogP) is 2.07. The summed E-state index contributed by atoms with van der Waals surface area (Å²) in [6, 6.07) is 12.7. The number of hydrogen-bond acceptors (Lipinski definition) is 6. The molecular weight excluding hydrogens is 446 g/mol. The van der Waals surface area contributed by atoms with Gasteiger partial charge in [-0.05, 0) is 62.6 Å². The number of nitrogens with two attached hydrogens (primary N) is 1. The van der Waals surface area contributed by atoms with E-state index in [2.05, 4.69) is 5.32 Å². The monoisotopic (exact) mass is 473 g/mol. The normalized spacial score (nSPS) is 15.5. The number of ether oxygens (including phenoxy) is 1. The number of likely N-dealkylation sites (tertiary alicyclic amines) is 1. The number of carbonyl (C=O) groups excluding carboxylic acids is 3. The fraction of sp³-hybridized carbons (Fsp3) is 0.348. The molecule has 2 aromatic rings. The predicted molar refractivity (Wildman–Crippen MR) is 122 cm³/mol. The van der Waals surface area contributed by atoms with Gasteiger partial charge in [-0.2, -0.15) is 0 Å². The molecule has 1 heterocycles. The zero-order valence-electron chi connectivity index (χ0n) is 18.5. The lowest BCUT2D eigenvalue weighted by atomic mass is 9.96. The van der Waals surface area contributed by atoms with E-state index in [1.807, 2.05) is 25.1 Å². The molecular formula is C23H27N3O6S. The average molecular weight is 474 g/mol. The molecule has 2 amide bonds. The number of piperidine rings is 1. The Morgan fingerprint density at radius 3 is 2.24 bits per heavy atom. The average Bonchev–Trinajstić information content (AvgIpc) is 2.78. The number of primary sulfonamides is 1. The van der Waals surface area contributed by atoms with Gasteiger partial charge in [-0.25, -0.2) is 13.6 Å². The van der Waals surface area contributed by atoms with Gasteiger partial charge < -0.3 is 15.0 Å². The van der Waals surface area contributed by atoms with Gasteiger partial charge in [0, 0.05) is 24.3 Å². The van der Waals surface area contributed by atoms with E-state index in [4.69, 9.17) is 9.88 Å². The fourth-order valence-electron chi connectivity index (χ4n) is 3.60. The maximum atomic E-state index is 12.7. The molecule has 10 heteroatoms. The molecule has 2 aromatic carbocycles. The third-order valence-corrected chi connectivity index (χ3v) is 6.53. The lowest BCUT2D eigenvalue weighted by Gasteiger charge is -2.31. The first kappa shape index (κ1) is 24.4. The molecule has 1 unspecified atom stereocenters. The van der Waals surface area contributed by atoms with Crippen LogP contribution in [0.15, 0.2) is 53.4 Å². The smallest absolute Gasteiger partial charge is 0.309 e. The number of rotatable bonds is 6. The Labute approximate surface area is 193 Å². The second-order valence-electron chi connectivity index (χ2n) is 8.02. The number of esters is 1. The molecule has 0 spiro atoms. The molecule has 3 N–H and O–H groups in total. The second kappa shape index (κ2) is 10.1. The Balaban J connectivity index is 1.49. The maximum Gasteiger partial charge on any atom is 0.309 e. The molecule has 0 bridgehead atoms. The first-order valence-electron chi connectivity index (χ1n) is 10.6. The van der Waals surface area contributed by atoms with E-state index in [1.54, 1.807) is 11.0 Å². The number of amides is 2. The number of benzene rings is 2. The van der Waals surface area contributed by atoms with Crippen molar-refractivity contribution < 1.29 is 27.5 Å². The molecule has 3 rings (SSSR count). The van der Waals surface area contributed by atoms with Crippen LogP contribution in [-0.4, -0.2) is 50.3 Å². The third-order valence-electron chi connectivity index (χ3n) is 5.60. The number of hydrogen-bond donors (Lipinski definition) is 2. The zero-order chi connectivity index (χ0) is 24.2. The Morgan fingerprint density at radius 1 is 1.06 bits per heavy atom. The van der Waals surface area contributed by atoms with Gasteiger partial charge in [0.2, 0.25) is 10.0 Å². The van der Waals surface area contributed by atoms with E-state index in [9.17, 15) is 22.8 Å². The van der Waals surface area contributed by atoms with Crippen LogP contribution >= 0.6 is 0 Å². The van der Waals surface area contributed by atoms with E-state index >= 15 is 0 Å². The van der Waals surface area contributed by atoms with E-state index in [0.29, 0.717) is 37.2 Å². The molecule has 0 saturated carbocycles. The topological polar surface area (TPSA) is 136 Å². The molecule has 33 heavy (non-hydrogen) atoms. The minimum Gasteiger partial charge on any atom is -0.452 e. The van der Waals surface area contributed by atoms with Crippen LogP contribution in [0.5, 0.6) is 0 Å². The second-order valence-corrected chi connectivity index (χ2v) is 9.58. The summed E-state index contributed by atoms with van der Waals surface area (Å²) >= 11 is 0. The summed E-state index contributed by atoms with van der Waals surface area (Å²) in [4.78, 5) is 39.3. The number of anilines is 1. The molecule has 9 nitrogen and oxygen atoms in total. The lowest BCUT2D eigenvalue weighted by molar-refractivity contribution is -0.158. The highest BCUT2D eigenvalue weighted by Gasteiger charge is 2.31. The van der Waals surface area contributed by atoms with Crippen LogP contribution in [-0.2, 0) is 24.3 Å². The summed E-state index contributed by atoms with van der Waals surface area (Å²) < 4.78 is 27.9. The van der Waals surface area contributed by atoms with Crippen molar-refractivity contribution in [1.82, 2.24) is 4.90 Å². The van der Waals surface area contributed by atoms with E-state index in [1.165, 1.54) is 31.2 Å². The maximum absolute atomic E-state index is 12.7. The van der Waals surface area contributed by atoms with Crippen LogP contribution in [0.2, 0.25) is 0 Å². The lowest BCUT2D eigenvalue weighted by Crippen LogP contribution is -2.42. The number of nitrogens with zero attached hydrogens (tertiary/aromatic N) is 1. The van der Waals surface area contributed by atoms with Gasteiger partial charge in [0.05, 0.1) is 10.8 Å². The molecule has 1 saturated heterocycles. The van der Waals surface area contributed by atoms with Gasteiger partial charge in [0.25, 0.3) is 11.8 Å². The fourth-order valence-corrected chi connectivity index (χ4v) is 4.11. The summed E-state index contributed by atoms with van der Waals surface area (Å²) in [6.07, 6.45) is -0.123. The Hall–Kier alpha value is -3.24. The highest BCUT2D eigenvalue weighted by Crippen LogP contribution is 2.22. The van der Waals surface area contributed by atoms with Gasteiger partial charge in [-0.3, -0.25) is 14.4 Å². The molecule has 0 radical (unpaired) electrons. The van der Waals surface area contributed by atoms with Crippen LogP contribution in [0.3, 0.4) is 0 Å². The summed E-state index contributed by atoms with van der Waals surface area (Å²) in [7, 11) is -3.83. The van der Waals surface area contributed by atoms with E-state index in [-0.39, 0.29) is 10.8 Å². The summed E-state index contributed by atoms with van der Waals surface area (Å²) in [5.41, 5.74) is 1.91. The van der Waals surface area contributed by atoms with Gasteiger partial charge >= 0.3 is 5.97 Å². The van der Waals surface area contributed by atoms with Crippen molar-refractivity contribution >= 4 is 33.5 Å². The van der Waals surface area contributed by atoms with Crippen molar-refractivity contribution in [2.75, 3.05) is 18.4 Å². The SMILES string of the molecule is Cc1ccccc1C(=O)N1CCC(C(=O)OC(C)C(=O)Nc2ccc(S(N)(=O)=O)cc2)CC1. The molecule has 1 aliphatic rings. The molecule has 1 aliphatic heterocycles. The first-order chi connectivity index (χ1) is 15.6. The Bertz CT molecular complexity index is 1140. The minimum absolute atomic E-state index is 0.0545. The van der Waals surface area contributed by atoms with Gasteiger partial charge in [0.15, 0.2) is 6.10 Å². The largest absolute Gasteiger partial charge is 0.452 e. The standard InChI is InChI=1S/C23H27N3O6S/c1-15-5-3-4-6-20(15)22(28)26-13-11-17(12-14-26)23(29)32-16(2)21(27)25-18-7-9-19(10-8-18)33(24,30)31/h3-10,16-17H,11-14H2,1-2H3,(H,25,27)(H2,24,30,31). The molecule has 1 atom stereocenters. The van der Waals surface area contributed by atoms with Crippen LogP contribution < -0.4 is 10.5 Å². The highest BCUT2D eigenvalue weighted by molar-refractivity contribution is 7.89. The van der Waals surface area contributed by atoms with Crippen molar-refractivity contribution in [3.05, 3.63) is 59.7 Å². The van der Waals surface area contributed by atoms with Crippen molar-refractivity contribution in [1.29, 1.82) is 0 Å². The molecule has 0 aliphatic carbocycles. The number of sulfonamides is 1. The van der Waals surface area contributed by atoms with Gasteiger partial charge in [-0.15, -0.1) is 0 Å². The van der Waals surface area contributed by atoms with Gasteiger partial charge in [-0.1, -0.05) is 18.2 Å². The quantitative estimate of drug-likeness (QED) is 0.617. The Kier molecular flexibility index (Phi) is 7.50. The number of aryl methyl sites for hydroxylation is 1. The molecule has 176 valence electrons. The summed E-state index contributed by atoms with van der Waals surface area (Å²) in [5, 5.41) is 7.62.